The molecule has 0 aliphatic carbocycles. The molecule has 0 aliphatic rings. The molecule has 2 amide bonds. The van der Waals surface area contributed by atoms with Gasteiger partial charge in [0.15, 0.2) is 0 Å². The van der Waals surface area contributed by atoms with Gasteiger partial charge >= 0.3 is 6.03 Å². The van der Waals surface area contributed by atoms with Gasteiger partial charge in [0.05, 0.1) is 0 Å². The van der Waals surface area contributed by atoms with Crippen molar-refractivity contribution in [1.29, 1.82) is 0 Å². The van der Waals surface area contributed by atoms with Gasteiger partial charge < -0.3 is 11.5 Å². The molecule has 0 rings (SSSR count). The first-order chi connectivity index (χ1) is 1.73. The molecule has 0 unspecified atom stereocenters. The average molecular weight is 72.1 g/mol. The van der Waals surface area contributed by atoms with E-state index in [1.165, 1.54) is 0 Å². The summed E-state index contributed by atoms with van der Waals surface area (Å²) in [4.78, 5) is 9.00. The van der Waals surface area contributed by atoms with Gasteiger partial charge in [-0.05, 0) is 0 Å². The second-order valence-corrected chi connectivity index (χ2v) is 0.402. The van der Waals surface area contributed by atoms with Crippen molar-refractivity contribution < 1.29 is 4.79 Å². The maximum atomic E-state index is 9.00. The third-order valence-corrected chi connectivity index (χ3v) is 0. The highest BCUT2D eigenvalue weighted by Gasteiger charge is 1.60. The minimum Gasteiger partial charge on any atom is -0.352 e. The minimum atomic E-state index is -0.833. The fourth-order valence-electron chi connectivity index (χ4n) is 0. The van der Waals surface area contributed by atoms with Gasteiger partial charge in [-0.3, -0.25) is 0 Å². The normalized spacial score (nSPS) is 4.80. The summed E-state index contributed by atoms with van der Waals surface area (Å²) < 4.78 is 0. The maximum Gasteiger partial charge on any atom is 0.309 e. The fourth-order valence-corrected chi connectivity index (χ4v) is 0. The monoisotopic (exact) mass is 72.0 g/mol. The lowest BCUT2D eigenvalue weighted by Crippen LogP contribution is -2.18. The Morgan fingerprint density at radius 1 is 1.40 bits per heavy atom. The van der Waals surface area contributed by atoms with E-state index < -0.39 is 6.03 Å². The van der Waals surface area contributed by atoms with Gasteiger partial charge in [0.2, 0.25) is 0 Å². The van der Waals surface area contributed by atoms with Crippen LogP contribution in [0.5, 0.6) is 0 Å². The fraction of sp³-hybridized carbons (Fsp3) is 0. The highest BCUT2D eigenvalue weighted by atomic mass is 16.2. The zero-order chi connectivity index (χ0) is 3.58. The number of rotatable bonds is 0. The number of hydrogen-bond donors (Lipinski definition) is 2. The van der Waals surface area contributed by atoms with Crippen molar-refractivity contribution in [3.05, 3.63) is 7.43 Å². The lowest BCUT2D eigenvalue weighted by atomic mass is 11.2. The Hall–Kier alpha value is -0.730. The molecule has 5 heavy (non-hydrogen) atoms. The van der Waals surface area contributed by atoms with E-state index in [0.717, 1.165) is 0 Å². The van der Waals surface area contributed by atoms with Crippen LogP contribution in [-0.4, -0.2) is 6.03 Å². The molecule has 0 heterocycles. The van der Waals surface area contributed by atoms with Crippen molar-refractivity contribution in [2.75, 3.05) is 0 Å². The summed E-state index contributed by atoms with van der Waals surface area (Å²) >= 11 is 0. The Balaban J connectivity index is 0. The number of nitrogens with two attached hydrogens (primary N) is 2. The molecular weight excluding hydrogens is 68.0 g/mol. The van der Waals surface area contributed by atoms with Crippen LogP contribution in [0, 0.1) is 7.43 Å². The molecule has 4 radical (unpaired) electrons. The van der Waals surface area contributed by atoms with Crippen molar-refractivity contribution in [3.8, 4) is 0 Å². The number of urea groups is 1. The molecule has 0 aromatic heterocycles. The number of carbonyl (C=O) groups is 1. The summed E-state index contributed by atoms with van der Waals surface area (Å²) in [5, 5.41) is 0. The van der Waals surface area contributed by atoms with Crippen LogP contribution < -0.4 is 11.5 Å². The molecule has 0 aliphatic heterocycles. The van der Waals surface area contributed by atoms with Gasteiger partial charge in [-0.15, -0.1) is 0 Å². The first kappa shape index (κ1) is 8.86. The standard InChI is InChI=1S/CH4N2O.C/c2-1(3)4;/h(H4,2,3,4);. The second-order valence-electron chi connectivity index (χ2n) is 0.402. The Labute approximate surface area is 31.0 Å². The Kier molecular flexibility index (Phi) is 5.79. The van der Waals surface area contributed by atoms with E-state index in [1.807, 2.05) is 0 Å². The van der Waals surface area contributed by atoms with Crippen molar-refractivity contribution in [3.63, 3.8) is 0 Å². The predicted molar refractivity (Wildman–Crippen MR) is 17.0 cm³/mol. The van der Waals surface area contributed by atoms with Gasteiger partial charge in [0, 0.05) is 7.43 Å². The molecule has 0 bridgehead atoms. The average Bonchev–Trinajstić information content (AvgIpc) is 0.811. The molecule has 0 aromatic rings. The SMILES string of the molecule is NC(N)=O.[C]. The van der Waals surface area contributed by atoms with Gasteiger partial charge in [-0.1, -0.05) is 0 Å². The van der Waals surface area contributed by atoms with E-state index in [0.29, 0.717) is 0 Å². The molecule has 0 saturated carbocycles. The molecule has 4 N–H and O–H groups in total. The van der Waals surface area contributed by atoms with Crippen LogP contribution in [0.4, 0.5) is 4.79 Å². The lowest BCUT2D eigenvalue weighted by Gasteiger charge is -1.62. The smallest absolute Gasteiger partial charge is 0.309 e. The summed E-state index contributed by atoms with van der Waals surface area (Å²) in [7, 11) is 0. The Morgan fingerprint density at radius 3 is 1.40 bits per heavy atom. The molecule has 0 saturated heterocycles. The predicted octanol–water partition coefficient (Wildman–Crippen LogP) is -0.895. The van der Waals surface area contributed by atoms with E-state index in [2.05, 4.69) is 11.5 Å². The molecule has 0 aromatic carbocycles. The zero-order valence-corrected chi connectivity index (χ0v) is 2.56. The van der Waals surface area contributed by atoms with Crippen LogP contribution in [0.1, 0.15) is 0 Å². The first-order valence-electron chi connectivity index (χ1n) is 0.781. The van der Waals surface area contributed by atoms with Crippen LogP contribution in [-0.2, 0) is 0 Å². The lowest BCUT2D eigenvalue weighted by molar-refractivity contribution is 0.256. The maximum absolute atomic E-state index is 9.00. The Morgan fingerprint density at radius 2 is 1.40 bits per heavy atom. The molecule has 3 nitrogen and oxygen atoms in total. The van der Waals surface area contributed by atoms with E-state index in [1.54, 1.807) is 0 Å². The van der Waals surface area contributed by atoms with Crippen LogP contribution in [0.3, 0.4) is 0 Å². The molecule has 0 atom stereocenters. The van der Waals surface area contributed by atoms with E-state index in [-0.39, 0.29) is 7.43 Å². The minimum absolute atomic E-state index is 0. The first-order valence-corrected chi connectivity index (χ1v) is 0.781. The highest BCUT2D eigenvalue weighted by Crippen LogP contribution is 1.25. The molecule has 0 fully saturated rings. The van der Waals surface area contributed by atoms with Crippen LogP contribution in [0.2, 0.25) is 0 Å². The highest BCUT2D eigenvalue weighted by molar-refractivity contribution is 5.69. The van der Waals surface area contributed by atoms with Crippen LogP contribution >= 0.6 is 0 Å². The summed E-state index contributed by atoms with van der Waals surface area (Å²) in [5.74, 6) is 0. The van der Waals surface area contributed by atoms with Crippen molar-refractivity contribution in [2.24, 2.45) is 11.5 Å². The largest absolute Gasteiger partial charge is 0.352 e. The summed E-state index contributed by atoms with van der Waals surface area (Å²) in [5.41, 5.74) is 8.50. The third-order valence-electron chi connectivity index (χ3n) is 0. The number of carbonyl (C=O) groups excluding carboxylic acids is 1. The number of primary amides is 2. The number of amides is 2. The topological polar surface area (TPSA) is 69.1 Å². The van der Waals surface area contributed by atoms with Crippen molar-refractivity contribution >= 4 is 6.03 Å². The second kappa shape index (κ2) is 3.27. The molecule has 28 valence electrons. The quantitative estimate of drug-likeness (QED) is 0.382. The van der Waals surface area contributed by atoms with E-state index >= 15 is 0 Å². The molecule has 3 heteroatoms. The van der Waals surface area contributed by atoms with Gasteiger partial charge in [-0.25, -0.2) is 4.79 Å². The third kappa shape index (κ3) is 9.90. The van der Waals surface area contributed by atoms with Crippen LogP contribution in [0.15, 0.2) is 0 Å². The van der Waals surface area contributed by atoms with Crippen molar-refractivity contribution in [1.82, 2.24) is 0 Å². The Bertz CT molecular complexity index is 30.6. The zero-order valence-electron chi connectivity index (χ0n) is 2.56. The number of hydrogen-bond acceptors (Lipinski definition) is 1. The molecule has 0 spiro atoms. The van der Waals surface area contributed by atoms with Gasteiger partial charge in [-0.2, -0.15) is 0 Å². The summed E-state index contributed by atoms with van der Waals surface area (Å²) in [6.45, 7) is 0. The van der Waals surface area contributed by atoms with Gasteiger partial charge in [0.25, 0.3) is 0 Å². The summed E-state index contributed by atoms with van der Waals surface area (Å²) in [6, 6.07) is -0.833. The van der Waals surface area contributed by atoms with Gasteiger partial charge in [0.1, 0.15) is 0 Å². The van der Waals surface area contributed by atoms with Crippen LogP contribution in [0.25, 0.3) is 0 Å². The van der Waals surface area contributed by atoms with E-state index in [9.17, 15) is 0 Å². The molecular formula is C2H4N2O. The van der Waals surface area contributed by atoms with Crippen molar-refractivity contribution in [2.45, 2.75) is 0 Å². The summed E-state index contributed by atoms with van der Waals surface area (Å²) in [6.07, 6.45) is 0. The van der Waals surface area contributed by atoms with E-state index in [4.69, 9.17) is 4.79 Å².